The molecule has 0 atom stereocenters. The second-order valence-electron chi connectivity index (χ2n) is 3.49. The van der Waals surface area contributed by atoms with Crippen LogP contribution in [-0.4, -0.2) is 9.78 Å². The van der Waals surface area contributed by atoms with Crippen molar-refractivity contribution in [2.75, 3.05) is 0 Å². The van der Waals surface area contributed by atoms with Gasteiger partial charge in [-0.05, 0) is 19.8 Å². The topological polar surface area (TPSA) is 17.8 Å². The predicted octanol–water partition coefficient (Wildman–Crippen LogP) is 1.39. The average Bonchev–Trinajstić information content (AvgIpc) is 2.79. The third-order valence-corrected chi connectivity index (χ3v) is 2.78. The minimum atomic E-state index is 0.0400. The summed E-state index contributed by atoms with van der Waals surface area (Å²) in [5, 5.41) is 4.19. The zero-order valence-electron chi connectivity index (χ0n) is 7.46. The first kappa shape index (κ1) is 7.42. The molecule has 0 unspecified atom stereocenters. The summed E-state index contributed by atoms with van der Waals surface area (Å²) in [4.78, 5) is 0. The van der Waals surface area contributed by atoms with Crippen LogP contribution in [0.25, 0.3) is 0 Å². The molecule has 0 aromatic carbocycles. The molecule has 2 heteroatoms. The normalized spacial score (nSPS) is 18.8. The van der Waals surface area contributed by atoms with Crippen LogP contribution in [0.5, 0.6) is 0 Å². The van der Waals surface area contributed by atoms with Crippen molar-refractivity contribution in [3.8, 4) is 12.3 Å². The Morgan fingerprint density at radius 2 is 2.33 bits per heavy atom. The highest BCUT2D eigenvalue weighted by Gasteiger charge is 2.44. The van der Waals surface area contributed by atoms with E-state index in [9.17, 15) is 0 Å². The van der Waals surface area contributed by atoms with Crippen LogP contribution < -0.4 is 0 Å². The molecule has 1 aliphatic carbocycles. The van der Waals surface area contributed by atoms with Gasteiger partial charge in [0.25, 0.3) is 0 Å². The maximum absolute atomic E-state index is 5.49. The van der Waals surface area contributed by atoms with E-state index in [1.54, 1.807) is 0 Å². The largest absolute Gasteiger partial charge is 0.273 e. The monoisotopic (exact) mass is 160 g/mol. The van der Waals surface area contributed by atoms with Crippen LogP contribution in [0.3, 0.4) is 0 Å². The van der Waals surface area contributed by atoms with Gasteiger partial charge in [-0.1, -0.05) is 5.92 Å². The molecular formula is C10H12N2. The van der Waals surface area contributed by atoms with E-state index in [2.05, 4.69) is 17.9 Å². The van der Waals surface area contributed by atoms with Gasteiger partial charge in [-0.25, -0.2) is 0 Å². The standard InChI is InChI=1S/C10H12N2/c1-4-10(5-6-10)9-7-11-12(3)8(9)2/h1,7H,5-6H2,2-3H3. The minimum Gasteiger partial charge on any atom is -0.273 e. The van der Waals surface area contributed by atoms with Crippen molar-refractivity contribution in [1.82, 2.24) is 9.78 Å². The van der Waals surface area contributed by atoms with Crippen LogP contribution >= 0.6 is 0 Å². The maximum Gasteiger partial charge on any atom is 0.0595 e. The number of terminal acetylenes is 1. The fraction of sp³-hybridized carbons (Fsp3) is 0.500. The maximum atomic E-state index is 5.49. The molecule has 0 aliphatic heterocycles. The molecule has 0 bridgehead atoms. The molecule has 12 heavy (non-hydrogen) atoms. The van der Waals surface area contributed by atoms with E-state index >= 15 is 0 Å². The fourth-order valence-corrected chi connectivity index (χ4v) is 1.58. The molecule has 1 aliphatic rings. The van der Waals surface area contributed by atoms with E-state index in [0.717, 1.165) is 12.8 Å². The second kappa shape index (κ2) is 2.13. The van der Waals surface area contributed by atoms with Crippen LogP contribution in [0.1, 0.15) is 24.1 Å². The molecule has 2 nitrogen and oxygen atoms in total. The van der Waals surface area contributed by atoms with Crippen molar-refractivity contribution < 1.29 is 0 Å². The number of aromatic nitrogens is 2. The highest BCUT2D eigenvalue weighted by molar-refractivity contribution is 5.41. The Hall–Kier alpha value is -1.23. The van der Waals surface area contributed by atoms with E-state index in [1.807, 2.05) is 17.9 Å². The molecule has 0 amide bonds. The summed E-state index contributed by atoms with van der Waals surface area (Å²) >= 11 is 0. The number of aryl methyl sites for hydroxylation is 1. The van der Waals surface area contributed by atoms with Crippen molar-refractivity contribution >= 4 is 0 Å². The van der Waals surface area contributed by atoms with Crippen LogP contribution in [0.2, 0.25) is 0 Å². The lowest BCUT2D eigenvalue weighted by molar-refractivity contribution is 0.735. The number of rotatable bonds is 1. The van der Waals surface area contributed by atoms with Gasteiger partial charge >= 0.3 is 0 Å². The van der Waals surface area contributed by atoms with Crippen molar-refractivity contribution in [1.29, 1.82) is 0 Å². The number of hydrogen-bond donors (Lipinski definition) is 0. The minimum absolute atomic E-state index is 0.0400. The van der Waals surface area contributed by atoms with E-state index < -0.39 is 0 Å². The molecule has 0 N–H and O–H groups in total. The van der Waals surface area contributed by atoms with Gasteiger partial charge in [0.05, 0.1) is 11.6 Å². The lowest BCUT2D eigenvalue weighted by Gasteiger charge is -2.05. The molecule has 1 heterocycles. The Morgan fingerprint density at radius 3 is 2.67 bits per heavy atom. The average molecular weight is 160 g/mol. The van der Waals surface area contributed by atoms with Gasteiger partial charge in [0.2, 0.25) is 0 Å². The summed E-state index contributed by atoms with van der Waals surface area (Å²) in [6.07, 6.45) is 9.64. The number of hydrogen-bond acceptors (Lipinski definition) is 1. The zero-order chi connectivity index (χ0) is 8.77. The summed E-state index contributed by atoms with van der Waals surface area (Å²) in [5.41, 5.74) is 2.48. The van der Waals surface area contributed by atoms with Crippen molar-refractivity contribution in [3.63, 3.8) is 0 Å². The first-order valence-electron chi connectivity index (χ1n) is 4.16. The van der Waals surface area contributed by atoms with Crippen molar-refractivity contribution in [2.24, 2.45) is 7.05 Å². The summed E-state index contributed by atoms with van der Waals surface area (Å²) in [7, 11) is 1.95. The van der Waals surface area contributed by atoms with Gasteiger partial charge in [0.15, 0.2) is 0 Å². The van der Waals surface area contributed by atoms with Crippen LogP contribution in [-0.2, 0) is 12.5 Å². The summed E-state index contributed by atoms with van der Waals surface area (Å²) in [5.74, 6) is 2.87. The molecule has 62 valence electrons. The molecule has 1 aromatic rings. The fourth-order valence-electron chi connectivity index (χ4n) is 1.58. The lowest BCUT2D eigenvalue weighted by Crippen LogP contribution is -2.04. The van der Waals surface area contributed by atoms with Crippen LogP contribution in [0.15, 0.2) is 6.20 Å². The van der Waals surface area contributed by atoms with Crippen LogP contribution in [0.4, 0.5) is 0 Å². The zero-order valence-corrected chi connectivity index (χ0v) is 7.46. The van der Waals surface area contributed by atoms with Gasteiger partial charge in [-0.15, -0.1) is 6.42 Å². The van der Waals surface area contributed by atoms with Gasteiger partial charge in [-0.3, -0.25) is 4.68 Å². The Kier molecular flexibility index (Phi) is 1.32. The second-order valence-corrected chi connectivity index (χ2v) is 3.49. The summed E-state index contributed by atoms with van der Waals surface area (Å²) in [6.45, 7) is 2.07. The van der Waals surface area contributed by atoms with Crippen molar-refractivity contribution in [3.05, 3.63) is 17.5 Å². The Balaban J connectivity index is 2.49. The van der Waals surface area contributed by atoms with E-state index in [1.165, 1.54) is 11.3 Å². The highest BCUT2D eigenvalue weighted by atomic mass is 15.3. The van der Waals surface area contributed by atoms with Gasteiger partial charge in [0, 0.05) is 18.3 Å². The van der Waals surface area contributed by atoms with E-state index in [0.29, 0.717) is 0 Å². The molecule has 1 aromatic heterocycles. The van der Waals surface area contributed by atoms with E-state index in [-0.39, 0.29) is 5.41 Å². The van der Waals surface area contributed by atoms with Gasteiger partial charge in [-0.2, -0.15) is 5.10 Å². The lowest BCUT2D eigenvalue weighted by atomic mass is 9.98. The SMILES string of the molecule is C#CC1(c2cnn(C)c2C)CC1. The number of nitrogens with zero attached hydrogens (tertiary/aromatic N) is 2. The summed E-state index contributed by atoms with van der Waals surface area (Å²) in [6, 6.07) is 0. The quantitative estimate of drug-likeness (QED) is 0.568. The molecule has 0 saturated heterocycles. The van der Waals surface area contributed by atoms with Gasteiger partial charge < -0.3 is 0 Å². The molecule has 1 saturated carbocycles. The Morgan fingerprint density at radius 1 is 1.67 bits per heavy atom. The molecule has 0 radical (unpaired) electrons. The Labute approximate surface area is 72.6 Å². The molecular weight excluding hydrogens is 148 g/mol. The van der Waals surface area contributed by atoms with Gasteiger partial charge in [0.1, 0.15) is 0 Å². The van der Waals surface area contributed by atoms with Crippen LogP contribution in [0, 0.1) is 19.3 Å². The molecule has 2 rings (SSSR count). The third-order valence-electron chi connectivity index (χ3n) is 2.78. The van der Waals surface area contributed by atoms with E-state index in [4.69, 9.17) is 6.42 Å². The smallest absolute Gasteiger partial charge is 0.0595 e. The Bertz CT molecular complexity index is 350. The highest BCUT2D eigenvalue weighted by Crippen LogP contribution is 2.48. The summed E-state index contributed by atoms with van der Waals surface area (Å²) < 4.78 is 1.88. The molecule has 1 fully saturated rings. The molecule has 0 spiro atoms. The first-order valence-corrected chi connectivity index (χ1v) is 4.16. The van der Waals surface area contributed by atoms with Crippen molar-refractivity contribution in [2.45, 2.75) is 25.2 Å². The third kappa shape index (κ3) is 0.797. The first-order chi connectivity index (χ1) is 5.69. The predicted molar refractivity (Wildman–Crippen MR) is 47.7 cm³/mol.